The monoisotopic (exact) mass is 524 g/mol. The highest BCUT2D eigenvalue weighted by Gasteiger charge is 2.13. The summed E-state index contributed by atoms with van der Waals surface area (Å²) in [5.74, 6) is 0.369. The number of aromatic hydroxyl groups is 1. The van der Waals surface area contributed by atoms with Gasteiger partial charge < -0.3 is 9.84 Å². The van der Waals surface area contributed by atoms with Crippen LogP contribution in [0.15, 0.2) is 75.7 Å². The van der Waals surface area contributed by atoms with Crippen molar-refractivity contribution in [3.05, 3.63) is 101 Å². The van der Waals surface area contributed by atoms with E-state index >= 15 is 0 Å². The zero-order valence-electron chi connectivity index (χ0n) is 14.7. The number of halogens is 2. The molecule has 0 amide bonds. The van der Waals surface area contributed by atoms with Gasteiger partial charge in [-0.1, -0.05) is 30.3 Å². The van der Waals surface area contributed by atoms with Crippen LogP contribution in [0.1, 0.15) is 5.56 Å². The Kier molecular flexibility index (Phi) is 8.10. The van der Waals surface area contributed by atoms with Crippen LogP contribution in [0.5, 0.6) is 11.5 Å². The molecule has 3 rings (SSSR count). The third-order valence-electron chi connectivity index (χ3n) is 3.49. The molecule has 3 aromatic rings. The number of hydrogen-bond acceptors (Lipinski definition) is 6. The van der Waals surface area contributed by atoms with Gasteiger partial charge in [-0.3, -0.25) is 20.2 Å². The van der Waals surface area contributed by atoms with Gasteiger partial charge in [0.15, 0.2) is 0 Å². The van der Waals surface area contributed by atoms with Gasteiger partial charge in [-0.25, -0.2) is 0 Å². The highest BCUT2D eigenvalue weighted by Crippen LogP contribution is 2.29. The quantitative estimate of drug-likeness (QED) is 0.322. The molecule has 0 aromatic heterocycles. The summed E-state index contributed by atoms with van der Waals surface area (Å²) in [6, 6.07) is 18.2. The van der Waals surface area contributed by atoms with E-state index in [1.807, 2.05) is 30.3 Å². The molecule has 0 atom stereocenters. The number of hydrogen-bond donors (Lipinski definition) is 1. The molecule has 0 saturated heterocycles. The summed E-state index contributed by atoms with van der Waals surface area (Å²) in [5.41, 5.74) is 0.883. The Bertz CT molecular complexity index is 1010. The van der Waals surface area contributed by atoms with E-state index < -0.39 is 9.85 Å². The molecular formula is C19H14Br2N2O6. The summed E-state index contributed by atoms with van der Waals surface area (Å²) in [6.45, 7) is 0.389. The molecule has 0 aliphatic rings. The van der Waals surface area contributed by atoms with Crippen molar-refractivity contribution in [2.45, 2.75) is 6.61 Å². The summed E-state index contributed by atoms with van der Waals surface area (Å²) in [5, 5.41) is 29.9. The molecule has 0 aliphatic carbocycles. The summed E-state index contributed by atoms with van der Waals surface area (Å²) in [4.78, 5) is 20.0. The van der Waals surface area contributed by atoms with Crippen LogP contribution in [0.2, 0.25) is 0 Å². The largest absolute Gasteiger partial charge is 0.508 e. The minimum Gasteiger partial charge on any atom is -0.508 e. The lowest BCUT2D eigenvalue weighted by atomic mass is 10.2. The zero-order valence-corrected chi connectivity index (χ0v) is 17.9. The van der Waals surface area contributed by atoms with Gasteiger partial charge >= 0.3 is 0 Å². The Balaban J connectivity index is 0.000000234. The smallest absolute Gasteiger partial charge is 0.287 e. The molecule has 1 N–H and O–H groups in total. The normalized spacial score (nSPS) is 9.86. The van der Waals surface area contributed by atoms with Crippen molar-refractivity contribution in [3.8, 4) is 11.5 Å². The SMILES string of the molecule is O=[N+]([O-])c1cc(O)ccc1Br.O=[N+]([O-])c1cc(OCc2ccccc2)ccc1Br. The van der Waals surface area contributed by atoms with Crippen molar-refractivity contribution < 1.29 is 19.7 Å². The van der Waals surface area contributed by atoms with Crippen LogP contribution in [-0.4, -0.2) is 15.0 Å². The molecule has 0 heterocycles. The average Bonchev–Trinajstić information content (AvgIpc) is 2.70. The van der Waals surface area contributed by atoms with Gasteiger partial charge in [0.25, 0.3) is 11.4 Å². The molecule has 0 fully saturated rings. The van der Waals surface area contributed by atoms with Gasteiger partial charge in [0.05, 0.1) is 30.9 Å². The fourth-order valence-electron chi connectivity index (χ4n) is 2.10. The van der Waals surface area contributed by atoms with Crippen molar-refractivity contribution >= 4 is 43.2 Å². The fourth-order valence-corrected chi connectivity index (χ4v) is 2.89. The van der Waals surface area contributed by atoms with E-state index in [9.17, 15) is 20.2 Å². The Morgan fingerprint density at radius 1 is 0.828 bits per heavy atom. The van der Waals surface area contributed by atoms with E-state index in [2.05, 4.69) is 31.9 Å². The van der Waals surface area contributed by atoms with E-state index in [1.165, 1.54) is 18.2 Å². The number of nitro groups is 2. The first-order valence-electron chi connectivity index (χ1n) is 8.01. The van der Waals surface area contributed by atoms with Gasteiger partial charge in [-0.15, -0.1) is 0 Å². The van der Waals surface area contributed by atoms with E-state index in [4.69, 9.17) is 9.84 Å². The average molecular weight is 526 g/mol. The number of ether oxygens (including phenoxy) is 1. The molecule has 0 saturated carbocycles. The number of nitrogens with zero attached hydrogens (tertiary/aromatic N) is 2. The van der Waals surface area contributed by atoms with Gasteiger partial charge in [-0.05, 0) is 61.7 Å². The molecule has 8 nitrogen and oxygen atoms in total. The van der Waals surface area contributed by atoms with Crippen LogP contribution in [0.25, 0.3) is 0 Å². The number of nitro benzene ring substituents is 2. The molecular weight excluding hydrogens is 512 g/mol. The Labute approximate surface area is 182 Å². The topological polar surface area (TPSA) is 116 Å². The third kappa shape index (κ3) is 6.84. The molecule has 10 heteroatoms. The lowest BCUT2D eigenvalue weighted by molar-refractivity contribution is -0.385. The maximum atomic E-state index is 10.8. The fraction of sp³-hybridized carbons (Fsp3) is 0.0526. The lowest BCUT2D eigenvalue weighted by Crippen LogP contribution is -1.96. The Hall–Kier alpha value is -2.98. The number of benzene rings is 3. The predicted octanol–water partition coefficient (Wildman–Crippen LogP) is 6.00. The number of phenols is 1. The van der Waals surface area contributed by atoms with E-state index in [0.29, 0.717) is 21.3 Å². The van der Waals surface area contributed by atoms with Crippen LogP contribution in [0, 0.1) is 20.2 Å². The van der Waals surface area contributed by atoms with Gasteiger partial charge in [0.2, 0.25) is 0 Å². The Morgan fingerprint density at radius 3 is 1.93 bits per heavy atom. The number of phenolic OH excluding ortho intramolecular Hbond substituents is 1. The minimum atomic E-state index is -0.566. The second-order valence-corrected chi connectivity index (χ2v) is 7.25. The first kappa shape index (κ1) is 22.3. The second-order valence-electron chi connectivity index (χ2n) is 5.54. The van der Waals surface area contributed by atoms with Gasteiger partial charge in [0, 0.05) is 0 Å². The van der Waals surface area contributed by atoms with Crippen LogP contribution >= 0.6 is 31.9 Å². The van der Waals surface area contributed by atoms with Crippen LogP contribution in [0.3, 0.4) is 0 Å². The number of rotatable bonds is 5. The maximum absolute atomic E-state index is 10.8. The van der Waals surface area contributed by atoms with Crippen LogP contribution in [0.4, 0.5) is 11.4 Å². The van der Waals surface area contributed by atoms with Crippen molar-refractivity contribution in [1.82, 2.24) is 0 Å². The van der Waals surface area contributed by atoms with Crippen molar-refractivity contribution in [2.75, 3.05) is 0 Å². The van der Waals surface area contributed by atoms with E-state index in [1.54, 1.807) is 12.1 Å². The minimum absolute atomic E-state index is 0.000520. The standard InChI is InChI=1S/C13H10BrNO3.C6H4BrNO3/c14-12-7-6-11(8-13(12)15(16)17)18-9-10-4-2-1-3-5-10;7-5-2-1-4(9)3-6(5)8(10)11/h1-8H,9H2;1-3,9H. The zero-order chi connectivity index (χ0) is 21.4. The van der Waals surface area contributed by atoms with Crippen LogP contribution in [-0.2, 0) is 6.61 Å². The molecule has 0 radical (unpaired) electrons. The van der Waals surface area contributed by atoms with Gasteiger partial charge in [-0.2, -0.15) is 0 Å². The molecule has 0 aliphatic heterocycles. The molecule has 0 unspecified atom stereocenters. The molecule has 150 valence electrons. The summed E-state index contributed by atoms with van der Waals surface area (Å²) >= 11 is 6.11. The van der Waals surface area contributed by atoms with E-state index in [-0.39, 0.29) is 17.1 Å². The summed E-state index contributed by atoms with van der Waals surface area (Å²) < 4.78 is 6.32. The second kappa shape index (κ2) is 10.5. The van der Waals surface area contributed by atoms with Crippen LogP contribution < -0.4 is 4.74 Å². The highest BCUT2D eigenvalue weighted by molar-refractivity contribution is 9.11. The van der Waals surface area contributed by atoms with Crippen molar-refractivity contribution in [2.24, 2.45) is 0 Å². The van der Waals surface area contributed by atoms with Gasteiger partial charge in [0.1, 0.15) is 18.1 Å². The first-order chi connectivity index (χ1) is 13.8. The Morgan fingerprint density at radius 2 is 1.38 bits per heavy atom. The predicted molar refractivity (Wildman–Crippen MR) is 114 cm³/mol. The lowest BCUT2D eigenvalue weighted by Gasteiger charge is -2.06. The molecule has 3 aromatic carbocycles. The van der Waals surface area contributed by atoms with E-state index in [0.717, 1.165) is 11.6 Å². The summed E-state index contributed by atoms with van der Waals surface area (Å²) in [6.07, 6.45) is 0. The molecule has 0 spiro atoms. The summed E-state index contributed by atoms with van der Waals surface area (Å²) in [7, 11) is 0. The molecule has 0 bridgehead atoms. The third-order valence-corrected chi connectivity index (χ3v) is 4.83. The van der Waals surface area contributed by atoms with Crippen molar-refractivity contribution in [3.63, 3.8) is 0 Å². The maximum Gasteiger partial charge on any atom is 0.287 e. The van der Waals surface area contributed by atoms with Crippen molar-refractivity contribution in [1.29, 1.82) is 0 Å². The molecule has 29 heavy (non-hydrogen) atoms. The highest BCUT2D eigenvalue weighted by atomic mass is 79.9. The first-order valence-corrected chi connectivity index (χ1v) is 9.60.